The molecule has 6 heteroatoms. The number of nitrogens with zero attached hydrogens (tertiary/aromatic N) is 1. The van der Waals surface area contributed by atoms with E-state index in [0.717, 1.165) is 5.56 Å². The van der Waals surface area contributed by atoms with Crippen LogP contribution in [0.25, 0.3) is 0 Å². The van der Waals surface area contributed by atoms with Crippen LogP contribution in [-0.4, -0.2) is 23.0 Å². The Hall–Kier alpha value is -1.75. The molecule has 0 aliphatic carbocycles. The van der Waals surface area contributed by atoms with E-state index in [9.17, 15) is 4.79 Å². The molecule has 0 radical (unpaired) electrons. The van der Waals surface area contributed by atoms with E-state index in [-0.39, 0.29) is 11.7 Å². The molecule has 1 amide bonds. The Morgan fingerprint density at radius 2 is 2.28 bits per heavy atom. The van der Waals surface area contributed by atoms with Crippen LogP contribution < -0.4 is 11.1 Å². The first kappa shape index (κ1) is 14.3. The van der Waals surface area contributed by atoms with Crippen molar-refractivity contribution < 1.29 is 10.0 Å². The Morgan fingerprint density at radius 1 is 1.61 bits per heavy atom. The molecule has 0 saturated heterocycles. The van der Waals surface area contributed by atoms with Crippen molar-refractivity contribution in [3.8, 4) is 0 Å². The molecule has 1 rings (SSSR count). The summed E-state index contributed by atoms with van der Waals surface area (Å²) in [6.07, 6.45) is 0.536. The van der Waals surface area contributed by atoms with Gasteiger partial charge in [-0.1, -0.05) is 23.7 Å². The number of oxime groups is 1. The average Bonchev–Trinajstić information content (AvgIpc) is 2.37. The van der Waals surface area contributed by atoms with Gasteiger partial charge in [-0.25, -0.2) is 0 Å². The molecule has 0 saturated carbocycles. The van der Waals surface area contributed by atoms with Crippen LogP contribution in [0.3, 0.4) is 0 Å². The number of nitrogens with one attached hydrogen (secondary N) is 1. The fourth-order valence-electron chi connectivity index (χ4n) is 1.48. The summed E-state index contributed by atoms with van der Waals surface area (Å²) < 4.78 is 0. The topological polar surface area (TPSA) is 87.7 Å². The molecule has 1 aromatic carbocycles. The summed E-state index contributed by atoms with van der Waals surface area (Å²) >= 11 is 5.89. The van der Waals surface area contributed by atoms with Gasteiger partial charge < -0.3 is 16.3 Å². The smallest absolute Gasteiger partial charge is 0.251 e. The summed E-state index contributed by atoms with van der Waals surface area (Å²) in [4.78, 5) is 12.0. The van der Waals surface area contributed by atoms with E-state index < -0.39 is 6.04 Å². The summed E-state index contributed by atoms with van der Waals surface area (Å²) in [5.74, 6) is -0.301. The quantitative estimate of drug-likeness (QED) is 0.338. The van der Waals surface area contributed by atoms with E-state index in [1.54, 1.807) is 18.2 Å². The predicted octanol–water partition coefficient (Wildman–Crippen LogP) is 1.90. The molecule has 0 bridgehead atoms. The molecule has 0 heterocycles. The van der Waals surface area contributed by atoms with Crippen LogP contribution in [0.4, 0.5) is 0 Å². The first-order chi connectivity index (χ1) is 8.49. The maximum absolute atomic E-state index is 12.0. The lowest BCUT2D eigenvalue weighted by molar-refractivity contribution is 0.0945. The van der Waals surface area contributed by atoms with Gasteiger partial charge in [0.25, 0.3) is 5.91 Å². The summed E-state index contributed by atoms with van der Waals surface area (Å²) in [6, 6.07) is 4.50. The van der Waals surface area contributed by atoms with Gasteiger partial charge in [-0.3, -0.25) is 4.79 Å². The van der Waals surface area contributed by atoms with E-state index >= 15 is 0 Å². The molecular weight excluding hydrogens is 254 g/mol. The largest absolute Gasteiger partial charge is 0.409 e. The highest BCUT2D eigenvalue weighted by Crippen LogP contribution is 2.16. The summed E-state index contributed by atoms with van der Waals surface area (Å²) in [5, 5.41) is 14.8. The number of carbonyl (C=O) groups excluding carboxylic acids is 1. The lowest BCUT2D eigenvalue weighted by Crippen LogP contribution is -2.44. The zero-order valence-corrected chi connectivity index (χ0v) is 11.0. The van der Waals surface area contributed by atoms with Crippen molar-refractivity contribution in [2.24, 2.45) is 10.9 Å². The van der Waals surface area contributed by atoms with E-state index in [2.05, 4.69) is 10.5 Å². The van der Waals surface area contributed by atoms with Crippen LogP contribution in [0, 0.1) is 6.92 Å². The van der Waals surface area contributed by atoms with E-state index in [1.807, 2.05) is 13.8 Å². The van der Waals surface area contributed by atoms with Gasteiger partial charge in [-0.2, -0.15) is 0 Å². The van der Waals surface area contributed by atoms with Gasteiger partial charge in [0.05, 0.1) is 6.04 Å². The fourth-order valence-corrected chi connectivity index (χ4v) is 1.60. The normalized spacial score (nSPS) is 13.2. The molecule has 0 fully saturated rings. The highest BCUT2D eigenvalue weighted by molar-refractivity contribution is 6.31. The monoisotopic (exact) mass is 269 g/mol. The second kappa shape index (κ2) is 6.26. The highest BCUT2D eigenvalue weighted by Gasteiger charge is 2.16. The van der Waals surface area contributed by atoms with Crippen molar-refractivity contribution in [3.05, 3.63) is 34.3 Å². The third-order valence-electron chi connectivity index (χ3n) is 2.61. The number of halogens is 1. The minimum atomic E-state index is -0.488. The summed E-state index contributed by atoms with van der Waals surface area (Å²) in [6.45, 7) is 3.65. The molecule has 0 aliphatic heterocycles. The van der Waals surface area contributed by atoms with Crippen LogP contribution >= 0.6 is 11.6 Å². The Morgan fingerprint density at radius 3 is 2.78 bits per heavy atom. The SMILES string of the molecule is CCC(NC(=O)c1ccc(Cl)c(C)c1)/C(N)=N/O. The van der Waals surface area contributed by atoms with Crippen molar-refractivity contribution >= 4 is 23.3 Å². The second-order valence-corrected chi connectivity index (χ2v) is 4.33. The van der Waals surface area contributed by atoms with Crippen LogP contribution in [0.15, 0.2) is 23.4 Å². The Kier molecular flexibility index (Phi) is 4.97. The molecular formula is C12H16ClN3O2. The van der Waals surface area contributed by atoms with E-state index in [0.29, 0.717) is 17.0 Å². The summed E-state index contributed by atoms with van der Waals surface area (Å²) in [5.41, 5.74) is 6.78. The third-order valence-corrected chi connectivity index (χ3v) is 3.03. The highest BCUT2D eigenvalue weighted by atomic mass is 35.5. The number of benzene rings is 1. The van der Waals surface area contributed by atoms with Crippen molar-refractivity contribution in [2.75, 3.05) is 0 Å². The maximum Gasteiger partial charge on any atom is 0.251 e. The zero-order chi connectivity index (χ0) is 13.7. The first-order valence-corrected chi connectivity index (χ1v) is 5.91. The number of hydrogen-bond donors (Lipinski definition) is 3. The van der Waals surface area contributed by atoms with Crippen molar-refractivity contribution in [2.45, 2.75) is 26.3 Å². The molecule has 1 unspecified atom stereocenters. The minimum Gasteiger partial charge on any atom is -0.409 e. The van der Waals surface area contributed by atoms with Crippen molar-refractivity contribution in [3.63, 3.8) is 0 Å². The van der Waals surface area contributed by atoms with Crippen molar-refractivity contribution in [1.82, 2.24) is 5.32 Å². The predicted molar refractivity (Wildman–Crippen MR) is 71.1 cm³/mol. The molecule has 1 aromatic rings. The third kappa shape index (κ3) is 3.37. The fraction of sp³-hybridized carbons (Fsp3) is 0.333. The first-order valence-electron chi connectivity index (χ1n) is 5.54. The standard InChI is InChI=1S/C12H16ClN3O2/c1-3-10(11(14)16-18)15-12(17)8-4-5-9(13)7(2)6-8/h4-6,10,18H,3H2,1-2H3,(H2,14,16)(H,15,17). The number of nitrogens with two attached hydrogens (primary N) is 1. The Labute approximate surface area is 111 Å². The number of rotatable bonds is 4. The molecule has 1 atom stereocenters. The zero-order valence-electron chi connectivity index (χ0n) is 10.3. The molecule has 98 valence electrons. The van der Waals surface area contributed by atoms with Gasteiger partial charge in [0.2, 0.25) is 0 Å². The van der Waals surface area contributed by atoms with Gasteiger partial charge in [0.1, 0.15) is 0 Å². The lowest BCUT2D eigenvalue weighted by Gasteiger charge is -2.15. The van der Waals surface area contributed by atoms with Crippen LogP contribution in [0.2, 0.25) is 5.02 Å². The van der Waals surface area contributed by atoms with E-state index in [4.69, 9.17) is 22.5 Å². The number of carbonyl (C=O) groups is 1. The van der Waals surface area contributed by atoms with Gasteiger partial charge in [-0.15, -0.1) is 0 Å². The van der Waals surface area contributed by atoms with Gasteiger partial charge >= 0.3 is 0 Å². The van der Waals surface area contributed by atoms with Gasteiger partial charge in [-0.05, 0) is 37.1 Å². The maximum atomic E-state index is 12.0. The number of amidine groups is 1. The van der Waals surface area contributed by atoms with Crippen LogP contribution in [0.5, 0.6) is 0 Å². The van der Waals surface area contributed by atoms with Crippen LogP contribution in [-0.2, 0) is 0 Å². The molecule has 0 aliphatic rings. The number of amides is 1. The van der Waals surface area contributed by atoms with Crippen LogP contribution in [0.1, 0.15) is 29.3 Å². The Balaban J connectivity index is 2.84. The number of hydrogen-bond acceptors (Lipinski definition) is 3. The molecule has 5 nitrogen and oxygen atoms in total. The Bertz CT molecular complexity index is 474. The molecule has 4 N–H and O–H groups in total. The minimum absolute atomic E-state index is 0.0171. The second-order valence-electron chi connectivity index (χ2n) is 3.92. The lowest BCUT2D eigenvalue weighted by atomic mass is 10.1. The summed E-state index contributed by atoms with van der Waals surface area (Å²) in [7, 11) is 0. The molecule has 0 aromatic heterocycles. The van der Waals surface area contributed by atoms with Crippen molar-refractivity contribution in [1.29, 1.82) is 0 Å². The average molecular weight is 270 g/mol. The molecule has 18 heavy (non-hydrogen) atoms. The number of aryl methyl sites for hydroxylation is 1. The van der Waals surface area contributed by atoms with Gasteiger partial charge in [0.15, 0.2) is 5.84 Å². The van der Waals surface area contributed by atoms with E-state index in [1.165, 1.54) is 0 Å². The molecule has 0 spiro atoms. The van der Waals surface area contributed by atoms with Gasteiger partial charge in [0, 0.05) is 10.6 Å².